The summed E-state index contributed by atoms with van der Waals surface area (Å²) in [6.07, 6.45) is 0.00807. The molecule has 3 N–H and O–H groups in total. The smallest absolute Gasteiger partial charge is 0.497 e. The molecule has 1 rings (SSSR count). The molecule has 18 heavy (non-hydrogen) atoms. The van der Waals surface area contributed by atoms with Crippen molar-refractivity contribution in [3.05, 3.63) is 23.0 Å². The molecule has 0 bridgehead atoms. The largest absolute Gasteiger partial charge is 1.00 e. The van der Waals surface area contributed by atoms with Crippen LogP contribution >= 0.6 is 0 Å². The number of ether oxygens (including phenoxy) is 1. The van der Waals surface area contributed by atoms with Gasteiger partial charge in [0.05, 0.1) is 25.5 Å². The lowest BCUT2D eigenvalue weighted by atomic mass is 9.93. The average Bonchev–Trinajstić information content (AvgIpc) is 2.20. The highest BCUT2D eigenvalue weighted by Gasteiger charge is 2.22. The third-order valence-electron chi connectivity index (χ3n) is 2.33. The summed E-state index contributed by atoms with van der Waals surface area (Å²) >= 11 is 0. The first kappa shape index (κ1) is 13.8. The van der Waals surface area contributed by atoms with E-state index < -0.39 is 30.7 Å². The molecule has 1 heterocycles. The van der Waals surface area contributed by atoms with Gasteiger partial charge in [-0.05, 0) is 11.1 Å². The minimum Gasteiger partial charge on any atom is -0.497 e. The van der Waals surface area contributed by atoms with Crippen LogP contribution in [0.4, 0.5) is 0 Å². The average molecular weight is 257 g/mol. The van der Waals surface area contributed by atoms with Gasteiger partial charge in [-0.25, -0.2) is 0 Å². The van der Waals surface area contributed by atoms with Gasteiger partial charge in [-0.15, -0.1) is 0 Å². The van der Waals surface area contributed by atoms with Crippen molar-refractivity contribution in [1.82, 2.24) is 0 Å². The minimum atomic E-state index is -1.15. The van der Waals surface area contributed by atoms with E-state index in [1.807, 2.05) is 0 Å². The van der Waals surface area contributed by atoms with Gasteiger partial charge in [-0.3, -0.25) is 14.4 Å². The van der Waals surface area contributed by atoms with Crippen molar-refractivity contribution in [3.8, 4) is 0 Å². The topological polar surface area (TPSA) is 121 Å². The number of hydrogen-bond acceptors (Lipinski definition) is 4. The molecule has 98 valence electrons. The van der Waals surface area contributed by atoms with Crippen LogP contribution in [-0.2, 0) is 19.1 Å². The molecule has 0 saturated carbocycles. The number of carboxylic acid groups (broad SMARTS) is 3. The lowest BCUT2D eigenvalue weighted by Crippen LogP contribution is -2.15. The predicted octanol–water partition coefficient (Wildman–Crippen LogP) is 0.734. The normalized spacial score (nSPS) is 14.8. The van der Waals surface area contributed by atoms with Crippen molar-refractivity contribution < 1.29 is 35.9 Å². The van der Waals surface area contributed by atoms with E-state index in [1.165, 1.54) is 6.26 Å². The Kier molecular flexibility index (Phi) is 4.47. The van der Waals surface area contributed by atoms with Gasteiger partial charge in [-0.1, -0.05) is 0 Å². The molecule has 0 saturated heterocycles. The van der Waals surface area contributed by atoms with Crippen LogP contribution in [0.2, 0.25) is 0 Å². The molecule has 1 aliphatic heterocycles. The Morgan fingerprint density at radius 1 is 1.06 bits per heavy atom. The first-order chi connectivity index (χ1) is 8.40. The number of carbonyl (C=O) groups is 3. The fraction of sp³-hybridized carbons (Fsp3) is 0.364. The lowest BCUT2D eigenvalue weighted by molar-refractivity contribution is -0.138. The predicted molar refractivity (Wildman–Crippen MR) is 58.9 cm³/mol. The Hall–Kier alpha value is -2.31. The Morgan fingerprint density at radius 3 is 2.11 bits per heavy atom. The Bertz CT molecular complexity index is 450. The molecule has 0 aliphatic carbocycles. The Morgan fingerprint density at radius 2 is 1.61 bits per heavy atom. The highest BCUT2D eigenvalue weighted by Crippen LogP contribution is 2.28. The second kappa shape index (κ2) is 5.85. The maximum absolute atomic E-state index is 10.7. The summed E-state index contributed by atoms with van der Waals surface area (Å²) in [7, 11) is 0. The quantitative estimate of drug-likeness (QED) is 0.641. The number of rotatable bonds is 6. The molecule has 0 radical (unpaired) electrons. The van der Waals surface area contributed by atoms with Crippen LogP contribution in [0.25, 0.3) is 0 Å². The van der Waals surface area contributed by atoms with E-state index >= 15 is 0 Å². The highest BCUT2D eigenvalue weighted by atomic mass is 16.5. The zero-order chi connectivity index (χ0) is 13.7. The second-order valence-corrected chi connectivity index (χ2v) is 3.75. The molecule has 0 atom stereocenters. The van der Waals surface area contributed by atoms with E-state index in [0.717, 1.165) is 0 Å². The van der Waals surface area contributed by atoms with Gasteiger partial charge >= 0.3 is 19.3 Å². The van der Waals surface area contributed by atoms with Crippen molar-refractivity contribution in [2.45, 2.75) is 19.3 Å². The highest BCUT2D eigenvalue weighted by molar-refractivity contribution is 5.78. The molecule has 0 aromatic heterocycles. The molecule has 0 spiro atoms. The van der Waals surface area contributed by atoms with Crippen LogP contribution in [0.3, 0.4) is 0 Å². The summed E-state index contributed by atoms with van der Waals surface area (Å²) < 4.78 is 4.97. The first-order valence-electron chi connectivity index (χ1n) is 5.07. The Labute approximate surface area is 103 Å². The van der Waals surface area contributed by atoms with E-state index in [-0.39, 0.29) is 25.6 Å². The van der Waals surface area contributed by atoms with E-state index in [4.69, 9.17) is 20.1 Å². The Balaban J connectivity index is 0.00000324. The molecule has 7 heteroatoms. The van der Waals surface area contributed by atoms with E-state index in [0.29, 0.717) is 5.57 Å². The van der Waals surface area contributed by atoms with E-state index in [2.05, 4.69) is 0 Å². The molecule has 0 aromatic rings. The summed E-state index contributed by atoms with van der Waals surface area (Å²) in [5, 5.41) is 26.2. The van der Waals surface area contributed by atoms with Gasteiger partial charge in [0.15, 0.2) is 0 Å². The third-order valence-corrected chi connectivity index (χ3v) is 2.33. The molecular weight excluding hydrogens is 244 g/mol. The molecule has 7 nitrogen and oxygen atoms in total. The van der Waals surface area contributed by atoms with Gasteiger partial charge < -0.3 is 20.1 Å². The SMILES string of the molecule is O=C(O)CC1=COCC(CC(=O)O)=C1CC(=O)O.[H+]. The van der Waals surface area contributed by atoms with Crippen molar-refractivity contribution in [2.75, 3.05) is 6.61 Å². The summed E-state index contributed by atoms with van der Waals surface area (Å²) in [4.78, 5) is 32.0. The lowest BCUT2D eigenvalue weighted by Gasteiger charge is -2.20. The standard InChI is InChI=1S/C11H12O7/c12-9(13)1-6-4-18-5-7(2-10(14)15)8(6)3-11(16)17/h4H,1-3,5H2,(H,12,13)(H,14,15)(H,16,17)/p+1. The molecule has 0 aromatic carbocycles. The zero-order valence-electron chi connectivity index (χ0n) is 10.4. The van der Waals surface area contributed by atoms with Gasteiger partial charge in [0.25, 0.3) is 0 Å². The van der Waals surface area contributed by atoms with Crippen LogP contribution in [0.5, 0.6) is 0 Å². The zero-order valence-corrected chi connectivity index (χ0v) is 9.38. The molecule has 0 amide bonds. The fourth-order valence-corrected chi connectivity index (χ4v) is 1.67. The maximum Gasteiger partial charge on any atom is 1.00 e. The van der Waals surface area contributed by atoms with Crippen LogP contribution in [0, 0.1) is 0 Å². The van der Waals surface area contributed by atoms with Crippen molar-refractivity contribution in [3.63, 3.8) is 0 Å². The summed E-state index contributed by atoms with van der Waals surface area (Å²) in [5.74, 6) is -3.40. The number of carboxylic acids is 3. The second-order valence-electron chi connectivity index (χ2n) is 3.75. The van der Waals surface area contributed by atoms with Crippen LogP contribution in [0.15, 0.2) is 23.0 Å². The summed E-state index contributed by atoms with van der Waals surface area (Å²) in [5.41, 5.74) is 0.731. The molecular formula is C11H13O7+. The third kappa shape index (κ3) is 3.93. The molecule has 0 fully saturated rings. The maximum atomic E-state index is 10.7. The van der Waals surface area contributed by atoms with E-state index in [9.17, 15) is 14.4 Å². The minimum absolute atomic E-state index is 0. The molecule has 0 unspecified atom stereocenters. The van der Waals surface area contributed by atoms with Crippen LogP contribution in [0.1, 0.15) is 20.7 Å². The van der Waals surface area contributed by atoms with Crippen molar-refractivity contribution in [2.24, 2.45) is 0 Å². The fourth-order valence-electron chi connectivity index (χ4n) is 1.67. The van der Waals surface area contributed by atoms with Gasteiger partial charge in [0.1, 0.15) is 6.61 Å². The van der Waals surface area contributed by atoms with Gasteiger partial charge in [-0.2, -0.15) is 0 Å². The molecule has 1 aliphatic rings. The van der Waals surface area contributed by atoms with Gasteiger partial charge in [0, 0.05) is 5.57 Å². The van der Waals surface area contributed by atoms with Gasteiger partial charge in [0.2, 0.25) is 0 Å². The van der Waals surface area contributed by atoms with Crippen molar-refractivity contribution >= 4 is 17.9 Å². The monoisotopic (exact) mass is 257 g/mol. The van der Waals surface area contributed by atoms with Crippen LogP contribution in [-0.4, -0.2) is 39.8 Å². The first-order valence-corrected chi connectivity index (χ1v) is 5.07. The summed E-state index contributed by atoms with van der Waals surface area (Å²) in [6.45, 7) is -0.0297. The van der Waals surface area contributed by atoms with Crippen LogP contribution < -0.4 is 0 Å². The number of aliphatic carboxylic acids is 3. The van der Waals surface area contributed by atoms with E-state index in [1.54, 1.807) is 0 Å². The van der Waals surface area contributed by atoms with Crippen molar-refractivity contribution in [1.29, 1.82) is 0 Å². The number of hydrogen-bond donors (Lipinski definition) is 3. The summed E-state index contributed by atoms with van der Waals surface area (Å²) in [6, 6.07) is 0.